The Balaban J connectivity index is 1.56. The first kappa shape index (κ1) is 21.3. The van der Waals surface area contributed by atoms with Gasteiger partial charge >= 0.3 is 6.18 Å². The standard InChI is InChI=1S/C17H21F3N6O3/c1-9(16-22-3-2-4-23-16)24-5-11-15(28)14(27)10(8-29-11)25-13-7-21-6-12(26-13)17(18,19)20/h2-4,6-7,9-11,14-15,24,27-28H,5,8H2,1H3,(H,25,26)/t9-,10-,11+,14+,15-/m0/s1. The number of aliphatic hydroxyl groups is 2. The van der Waals surface area contributed by atoms with Crippen molar-refractivity contribution >= 4 is 5.82 Å². The van der Waals surface area contributed by atoms with Crippen molar-refractivity contribution in [3.05, 3.63) is 42.4 Å². The van der Waals surface area contributed by atoms with Gasteiger partial charge in [0.25, 0.3) is 0 Å². The van der Waals surface area contributed by atoms with Crippen LogP contribution in [0.5, 0.6) is 0 Å². The van der Waals surface area contributed by atoms with Gasteiger partial charge in [0, 0.05) is 18.9 Å². The van der Waals surface area contributed by atoms with Crippen LogP contribution in [-0.2, 0) is 10.9 Å². The van der Waals surface area contributed by atoms with Crippen molar-refractivity contribution in [2.24, 2.45) is 0 Å². The van der Waals surface area contributed by atoms with Gasteiger partial charge in [-0.2, -0.15) is 13.2 Å². The first-order chi connectivity index (χ1) is 13.8. The van der Waals surface area contributed by atoms with Crippen molar-refractivity contribution in [1.29, 1.82) is 0 Å². The molecule has 5 atom stereocenters. The average Bonchev–Trinajstić information content (AvgIpc) is 2.71. The third kappa shape index (κ3) is 5.35. The number of hydrogen-bond acceptors (Lipinski definition) is 9. The van der Waals surface area contributed by atoms with Gasteiger partial charge < -0.3 is 25.6 Å². The number of ether oxygens (including phenoxy) is 1. The van der Waals surface area contributed by atoms with E-state index in [-0.39, 0.29) is 25.0 Å². The largest absolute Gasteiger partial charge is 0.434 e. The molecular formula is C17H21F3N6O3. The molecule has 2 aromatic heterocycles. The van der Waals surface area contributed by atoms with E-state index in [0.29, 0.717) is 12.0 Å². The van der Waals surface area contributed by atoms with Gasteiger partial charge in [0.2, 0.25) is 0 Å². The monoisotopic (exact) mass is 414 g/mol. The molecule has 158 valence electrons. The summed E-state index contributed by atoms with van der Waals surface area (Å²) in [6.45, 7) is 2.02. The molecule has 1 saturated heterocycles. The lowest BCUT2D eigenvalue weighted by Crippen LogP contribution is -2.58. The van der Waals surface area contributed by atoms with Crippen LogP contribution < -0.4 is 10.6 Å². The molecule has 0 spiro atoms. The molecule has 12 heteroatoms. The van der Waals surface area contributed by atoms with Crippen LogP contribution in [0.15, 0.2) is 30.9 Å². The molecule has 0 aliphatic carbocycles. The number of aliphatic hydroxyl groups excluding tert-OH is 2. The predicted octanol–water partition coefficient (Wildman–Crippen LogP) is 0.537. The van der Waals surface area contributed by atoms with Crippen molar-refractivity contribution in [2.75, 3.05) is 18.5 Å². The highest BCUT2D eigenvalue weighted by Gasteiger charge is 2.39. The number of halogens is 3. The smallest absolute Gasteiger partial charge is 0.388 e. The van der Waals surface area contributed by atoms with Crippen LogP contribution in [-0.4, -0.2) is 67.7 Å². The molecule has 9 nitrogen and oxygen atoms in total. The highest BCUT2D eigenvalue weighted by atomic mass is 19.4. The minimum absolute atomic E-state index is 0.0429. The molecule has 0 saturated carbocycles. The number of aromatic nitrogens is 4. The van der Waals surface area contributed by atoms with E-state index in [1.165, 1.54) is 0 Å². The maximum Gasteiger partial charge on any atom is 0.434 e. The highest BCUT2D eigenvalue weighted by molar-refractivity contribution is 5.34. The van der Waals surface area contributed by atoms with E-state index in [0.717, 1.165) is 6.20 Å². The van der Waals surface area contributed by atoms with E-state index < -0.39 is 36.2 Å². The molecule has 1 aliphatic rings. The molecule has 0 aromatic carbocycles. The van der Waals surface area contributed by atoms with E-state index >= 15 is 0 Å². The first-order valence-electron chi connectivity index (χ1n) is 8.89. The van der Waals surface area contributed by atoms with Gasteiger partial charge in [0.1, 0.15) is 23.9 Å². The van der Waals surface area contributed by atoms with Gasteiger partial charge in [-0.05, 0) is 13.0 Å². The summed E-state index contributed by atoms with van der Waals surface area (Å²) in [5, 5.41) is 26.5. The summed E-state index contributed by atoms with van der Waals surface area (Å²) < 4.78 is 43.8. The van der Waals surface area contributed by atoms with Crippen LogP contribution in [0.2, 0.25) is 0 Å². The average molecular weight is 414 g/mol. The van der Waals surface area contributed by atoms with Crippen molar-refractivity contribution in [3.63, 3.8) is 0 Å². The molecule has 4 N–H and O–H groups in total. The second-order valence-corrected chi connectivity index (χ2v) is 6.63. The Morgan fingerprint density at radius 2 is 1.93 bits per heavy atom. The SMILES string of the molecule is C[C@H](NC[C@H]1OC[C@H](Nc2cncc(C(F)(F)F)n2)[C@@H](O)[C@H]1O)c1ncccn1. The van der Waals surface area contributed by atoms with Crippen molar-refractivity contribution in [1.82, 2.24) is 25.3 Å². The number of anilines is 1. The van der Waals surface area contributed by atoms with Gasteiger partial charge in [-0.25, -0.2) is 15.0 Å². The Hall–Kier alpha value is -2.41. The molecule has 29 heavy (non-hydrogen) atoms. The third-order valence-electron chi connectivity index (χ3n) is 4.49. The summed E-state index contributed by atoms with van der Waals surface area (Å²) in [6.07, 6.45) is -2.97. The van der Waals surface area contributed by atoms with Crippen LogP contribution in [0.1, 0.15) is 24.5 Å². The maximum absolute atomic E-state index is 12.7. The molecule has 1 fully saturated rings. The van der Waals surface area contributed by atoms with Crippen LogP contribution >= 0.6 is 0 Å². The van der Waals surface area contributed by atoms with E-state index in [1.54, 1.807) is 18.5 Å². The molecular weight excluding hydrogens is 393 g/mol. The van der Waals surface area contributed by atoms with Crippen LogP contribution in [0.3, 0.4) is 0 Å². The maximum atomic E-state index is 12.7. The molecule has 1 aliphatic heterocycles. The summed E-state index contributed by atoms with van der Waals surface area (Å²) >= 11 is 0. The molecule has 2 aromatic rings. The second-order valence-electron chi connectivity index (χ2n) is 6.63. The summed E-state index contributed by atoms with van der Waals surface area (Å²) in [7, 11) is 0. The van der Waals surface area contributed by atoms with E-state index in [1.807, 2.05) is 6.92 Å². The number of rotatable bonds is 6. The van der Waals surface area contributed by atoms with Crippen LogP contribution in [0.4, 0.5) is 19.0 Å². The lowest BCUT2D eigenvalue weighted by atomic mass is 9.97. The number of nitrogens with one attached hydrogen (secondary N) is 2. The zero-order valence-electron chi connectivity index (χ0n) is 15.4. The topological polar surface area (TPSA) is 125 Å². The molecule has 0 unspecified atom stereocenters. The number of nitrogens with zero attached hydrogens (tertiary/aromatic N) is 4. The molecule has 3 rings (SSSR count). The first-order valence-corrected chi connectivity index (χ1v) is 8.89. The summed E-state index contributed by atoms with van der Waals surface area (Å²) in [5.74, 6) is 0.395. The lowest BCUT2D eigenvalue weighted by molar-refractivity contribution is -0.141. The van der Waals surface area contributed by atoms with Crippen LogP contribution in [0.25, 0.3) is 0 Å². The zero-order valence-corrected chi connectivity index (χ0v) is 15.4. The second kappa shape index (κ2) is 8.95. The van der Waals surface area contributed by atoms with E-state index in [2.05, 4.69) is 30.6 Å². The van der Waals surface area contributed by atoms with E-state index in [9.17, 15) is 23.4 Å². The molecule has 3 heterocycles. The van der Waals surface area contributed by atoms with Crippen molar-refractivity contribution < 1.29 is 28.1 Å². The Morgan fingerprint density at radius 1 is 1.21 bits per heavy atom. The number of alkyl halides is 3. The van der Waals surface area contributed by atoms with Gasteiger partial charge in [-0.15, -0.1) is 0 Å². The summed E-state index contributed by atoms with van der Waals surface area (Å²) in [5.41, 5.74) is -1.16. The van der Waals surface area contributed by atoms with Gasteiger partial charge in [-0.3, -0.25) is 4.98 Å². The van der Waals surface area contributed by atoms with Gasteiger partial charge in [-0.1, -0.05) is 0 Å². The Morgan fingerprint density at radius 3 is 2.62 bits per heavy atom. The Bertz CT molecular complexity index is 797. The minimum atomic E-state index is -4.64. The van der Waals surface area contributed by atoms with E-state index in [4.69, 9.17) is 4.74 Å². The highest BCUT2D eigenvalue weighted by Crippen LogP contribution is 2.28. The van der Waals surface area contributed by atoms with Gasteiger partial charge in [0.15, 0.2) is 5.69 Å². The molecule has 0 amide bonds. The summed E-state index contributed by atoms with van der Waals surface area (Å²) in [6, 6.07) is 0.636. The normalized spacial score (nSPS) is 26.1. The summed E-state index contributed by atoms with van der Waals surface area (Å²) in [4.78, 5) is 15.2. The minimum Gasteiger partial charge on any atom is -0.388 e. The fourth-order valence-electron chi connectivity index (χ4n) is 2.87. The predicted molar refractivity (Wildman–Crippen MR) is 94.6 cm³/mol. The Labute approximate surface area is 164 Å². The van der Waals surface area contributed by atoms with Crippen molar-refractivity contribution in [3.8, 4) is 0 Å². The molecule has 0 radical (unpaired) electrons. The lowest BCUT2D eigenvalue weighted by Gasteiger charge is -2.38. The zero-order chi connectivity index (χ0) is 21.0. The van der Waals surface area contributed by atoms with Crippen molar-refractivity contribution in [2.45, 2.75) is 43.5 Å². The third-order valence-corrected chi connectivity index (χ3v) is 4.49. The molecule has 0 bridgehead atoms. The number of hydrogen-bond donors (Lipinski definition) is 4. The Kier molecular flexibility index (Phi) is 6.57. The quantitative estimate of drug-likeness (QED) is 0.536. The fourth-order valence-corrected chi connectivity index (χ4v) is 2.87. The van der Waals surface area contributed by atoms with Crippen LogP contribution in [0, 0.1) is 0 Å². The fraction of sp³-hybridized carbons (Fsp3) is 0.529. The van der Waals surface area contributed by atoms with Gasteiger partial charge in [0.05, 0.1) is 37.2 Å².